The van der Waals surface area contributed by atoms with E-state index in [9.17, 15) is 13.2 Å². The van der Waals surface area contributed by atoms with Gasteiger partial charge in [0.25, 0.3) is 0 Å². The average Bonchev–Trinajstić information content (AvgIpc) is 3.23. The van der Waals surface area contributed by atoms with Crippen LogP contribution in [0.3, 0.4) is 0 Å². The highest BCUT2D eigenvalue weighted by molar-refractivity contribution is 7.89. The molecule has 30 heavy (non-hydrogen) atoms. The number of piperidine rings is 1. The molecule has 1 aliphatic heterocycles. The van der Waals surface area contributed by atoms with Gasteiger partial charge < -0.3 is 5.32 Å². The van der Waals surface area contributed by atoms with Crippen molar-refractivity contribution in [3.05, 3.63) is 53.7 Å². The summed E-state index contributed by atoms with van der Waals surface area (Å²) in [6, 6.07) is 11.5. The van der Waals surface area contributed by atoms with E-state index >= 15 is 0 Å². The second kappa shape index (κ2) is 8.76. The van der Waals surface area contributed by atoms with Crippen LogP contribution in [-0.2, 0) is 14.8 Å². The molecule has 0 spiro atoms. The predicted octanol–water partition coefficient (Wildman–Crippen LogP) is 3.29. The molecule has 1 aromatic carbocycles. The minimum Gasteiger partial charge on any atom is -0.300 e. The van der Waals surface area contributed by atoms with Gasteiger partial charge in [-0.3, -0.25) is 9.78 Å². The van der Waals surface area contributed by atoms with Crippen molar-refractivity contribution < 1.29 is 13.2 Å². The van der Waals surface area contributed by atoms with Gasteiger partial charge in [-0.25, -0.2) is 8.42 Å². The van der Waals surface area contributed by atoms with Crippen LogP contribution in [0, 0.1) is 5.92 Å². The number of hydrogen-bond acceptors (Lipinski definition) is 7. The lowest BCUT2D eigenvalue weighted by Crippen LogP contribution is -2.43. The predicted molar refractivity (Wildman–Crippen MR) is 115 cm³/mol. The molecule has 0 saturated carbocycles. The van der Waals surface area contributed by atoms with Crippen molar-refractivity contribution in [1.82, 2.24) is 19.5 Å². The number of amides is 1. The van der Waals surface area contributed by atoms with Crippen molar-refractivity contribution in [2.24, 2.45) is 5.92 Å². The van der Waals surface area contributed by atoms with E-state index in [1.54, 1.807) is 12.3 Å². The zero-order chi connectivity index (χ0) is 21.1. The summed E-state index contributed by atoms with van der Waals surface area (Å²) in [5.74, 6) is -0.738. The lowest BCUT2D eigenvalue weighted by atomic mass is 9.99. The summed E-state index contributed by atoms with van der Waals surface area (Å²) < 4.78 is 27.2. The third kappa shape index (κ3) is 4.51. The van der Waals surface area contributed by atoms with Crippen molar-refractivity contribution in [3.63, 3.8) is 0 Å². The van der Waals surface area contributed by atoms with Crippen molar-refractivity contribution in [1.29, 1.82) is 0 Å². The molecular weight excluding hydrogens is 446 g/mol. The Balaban J connectivity index is 1.44. The third-order valence-electron chi connectivity index (χ3n) is 4.75. The number of nitrogens with one attached hydrogen (secondary N) is 1. The van der Waals surface area contributed by atoms with Crippen LogP contribution in [0.15, 0.2) is 53.6 Å². The molecule has 3 heterocycles. The van der Waals surface area contributed by atoms with Gasteiger partial charge in [-0.05, 0) is 49.2 Å². The molecule has 3 aromatic rings. The average molecular weight is 464 g/mol. The van der Waals surface area contributed by atoms with E-state index in [-0.39, 0.29) is 17.3 Å². The first-order chi connectivity index (χ1) is 14.4. The van der Waals surface area contributed by atoms with Crippen LogP contribution in [0.4, 0.5) is 5.13 Å². The van der Waals surface area contributed by atoms with Crippen LogP contribution in [0.25, 0.3) is 10.7 Å². The summed E-state index contributed by atoms with van der Waals surface area (Å²) in [6.07, 6.45) is 2.86. The Morgan fingerprint density at radius 3 is 2.70 bits per heavy atom. The zero-order valence-corrected chi connectivity index (χ0v) is 18.1. The third-order valence-corrected chi connectivity index (χ3v) is 7.74. The highest BCUT2D eigenvalue weighted by Gasteiger charge is 2.33. The van der Waals surface area contributed by atoms with Gasteiger partial charge >= 0.3 is 0 Å². The molecule has 1 saturated heterocycles. The zero-order valence-electron chi connectivity index (χ0n) is 15.7. The number of sulfonamides is 1. The molecule has 1 atom stereocenters. The molecule has 1 unspecified atom stereocenters. The van der Waals surface area contributed by atoms with Gasteiger partial charge in [0.15, 0.2) is 5.01 Å². The molecule has 11 heteroatoms. The van der Waals surface area contributed by atoms with Crippen LogP contribution in [0.1, 0.15) is 12.8 Å². The Hall–Kier alpha value is -2.40. The van der Waals surface area contributed by atoms with E-state index in [1.165, 1.54) is 39.9 Å². The minimum atomic E-state index is -3.69. The standard InChI is InChI=1S/C19H18ClN5O3S2/c20-14-6-8-15(9-7-14)30(27,28)25-11-3-4-13(12-25)17(26)22-19-24-23-18(29-19)16-5-1-2-10-21-16/h1-2,5-10,13H,3-4,11-12H2,(H,22,24,26). The summed E-state index contributed by atoms with van der Waals surface area (Å²) in [6.45, 7) is 0.486. The number of pyridine rings is 1. The molecule has 1 aliphatic rings. The van der Waals surface area contributed by atoms with Crippen molar-refractivity contribution in [2.75, 3.05) is 18.4 Å². The van der Waals surface area contributed by atoms with E-state index in [4.69, 9.17) is 11.6 Å². The monoisotopic (exact) mass is 463 g/mol. The van der Waals surface area contributed by atoms with E-state index < -0.39 is 15.9 Å². The van der Waals surface area contributed by atoms with E-state index in [0.717, 1.165) is 0 Å². The van der Waals surface area contributed by atoms with E-state index in [1.807, 2.05) is 12.1 Å². The van der Waals surface area contributed by atoms with Crippen molar-refractivity contribution >= 4 is 44.0 Å². The van der Waals surface area contributed by atoms with Gasteiger partial charge in [-0.2, -0.15) is 4.31 Å². The van der Waals surface area contributed by atoms with Crippen LogP contribution < -0.4 is 5.32 Å². The van der Waals surface area contributed by atoms with Crippen LogP contribution in [0.2, 0.25) is 5.02 Å². The maximum absolute atomic E-state index is 12.9. The van der Waals surface area contributed by atoms with Crippen molar-refractivity contribution in [2.45, 2.75) is 17.7 Å². The lowest BCUT2D eigenvalue weighted by molar-refractivity contribution is -0.120. The lowest BCUT2D eigenvalue weighted by Gasteiger charge is -2.31. The summed E-state index contributed by atoms with van der Waals surface area (Å²) >= 11 is 7.08. The first kappa shape index (κ1) is 20.9. The maximum atomic E-state index is 12.9. The Morgan fingerprint density at radius 2 is 1.97 bits per heavy atom. The van der Waals surface area contributed by atoms with Gasteiger partial charge in [-0.15, -0.1) is 10.2 Å². The van der Waals surface area contributed by atoms with Gasteiger partial charge in [0.1, 0.15) is 5.69 Å². The number of anilines is 1. The SMILES string of the molecule is O=C(Nc1nnc(-c2ccccn2)s1)C1CCCN(S(=O)(=O)c2ccc(Cl)cc2)C1. The largest absolute Gasteiger partial charge is 0.300 e. The second-order valence-corrected chi connectivity index (χ2v) is 10.1. The fraction of sp³-hybridized carbons (Fsp3) is 0.263. The molecule has 4 rings (SSSR count). The first-order valence-electron chi connectivity index (χ1n) is 9.25. The molecule has 1 N–H and O–H groups in total. The van der Waals surface area contributed by atoms with E-state index in [2.05, 4.69) is 20.5 Å². The van der Waals surface area contributed by atoms with Crippen LogP contribution in [0.5, 0.6) is 0 Å². The number of carbonyl (C=O) groups is 1. The molecule has 0 aliphatic carbocycles. The topological polar surface area (TPSA) is 105 Å². The quantitative estimate of drug-likeness (QED) is 0.622. The highest BCUT2D eigenvalue weighted by Crippen LogP contribution is 2.28. The molecule has 1 fully saturated rings. The molecule has 156 valence electrons. The fourth-order valence-corrected chi connectivity index (χ4v) is 5.58. The van der Waals surface area contributed by atoms with Crippen LogP contribution in [-0.4, -0.2) is 46.9 Å². The number of hydrogen-bond donors (Lipinski definition) is 1. The van der Waals surface area contributed by atoms with Gasteiger partial charge in [0, 0.05) is 24.3 Å². The molecule has 2 aromatic heterocycles. The highest BCUT2D eigenvalue weighted by atomic mass is 35.5. The van der Waals surface area contributed by atoms with Gasteiger partial charge in [0.2, 0.25) is 21.1 Å². The smallest absolute Gasteiger partial charge is 0.243 e. The number of carbonyl (C=O) groups excluding carboxylic acids is 1. The van der Waals surface area contributed by atoms with E-state index in [0.29, 0.717) is 40.2 Å². The number of benzene rings is 1. The number of rotatable bonds is 5. The summed E-state index contributed by atoms with van der Waals surface area (Å²) in [5, 5.41) is 12.2. The Bertz CT molecular complexity index is 1140. The number of aromatic nitrogens is 3. The fourth-order valence-electron chi connectivity index (χ4n) is 3.20. The molecule has 1 amide bonds. The minimum absolute atomic E-state index is 0.114. The van der Waals surface area contributed by atoms with Gasteiger partial charge in [-0.1, -0.05) is 29.0 Å². The number of halogens is 1. The maximum Gasteiger partial charge on any atom is 0.243 e. The second-order valence-electron chi connectivity index (χ2n) is 6.77. The Kier molecular flexibility index (Phi) is 6.09. The number of nitrogens with zero attached hydrogens (tertiary/aromatic N) is 4. The molecule has 8 nitrogen and oxygen atoms in total. The molecular formula is C19H18ClN5O3S2. The summed E-state index contributed by atoms with van der Waals surface area (Å²) in [7, 11) is -3.69. The molecule has 0 bridgehead atoms. The molecule has 0 radical (unpaired) electrons. The van der Waals surface area contributed by atoms with Crippen molar-refractivity contribution in [3.8, 4) is 10.7 Å². The van der Waals surface area contributed by atoms with Gasteiger partial charge in [0.05, 0.1) is 10.8 Å². The Morgan fingerprint density at radius 1 is 1.17 bits per heavy atom. The van der Waals surface area contributed by atoms with Crippen LogP contribution >= 0.6 is 22.9 Å². The normalized spacial score (nSPS) is 17.6. The summed E-state index contributed by atoms with van der Waals surface area (Å²) in [4.78, 5) is 17.1. The summed E-state index contributed by atoms with van der Waals surface area (Å²) in [5.41, 5.74) is 0.674. The first-order valence-corrected chi connectivity index (χ1v) is 11.9. The Labute approximate surface area is 183 Å².